The van der Waals surface area contributed by atoms with Gasteiger partial charge in [-0.15, -0.1) is 0 Å². The van der Waals surface area contributed by atoms with Crippen molar-refractivity contribution in [2.75, 3.05) is 32.5 Å². The lowest BCUT2D eigenvalue weighted by Crippen LogP contribution is -2.44. The summed E-state index contributed by atoms with van der Waals surface area (Å²) in [6.07, 6.45) is 3.90. The normalized spacial score (nSPS) is 16.9. The molecule has 0 aromatic heterocycles. The summed E-state index contributed by atoms with van der Waals surface area (Å²) in [7, 11) is -3.32. The zero-order valence-electron chi connectivity index (χ0n) is 14.3. The largest absolute Gasteiger partial charge is 0.373 e. The molecule has 1 N–H and O–H groups in total. The average molecular weight is 371 g/mol. The van der Waals surface area contributed by atoms with Crippen molar-refractivity contribution < 1.29 is 12.6 Å². The van der Waals surface area contributed by atoms with E-state index in [0.717, 1.165) is 55.7 Å². The van der Waals surface area contributed by atoms with Crippen molar-refractivity contribution in [2.24, 2.45) is 0 Å². The molecule has 0 spiro atoms. The first-order chi connectivity index (χ1) is 11.3. The highest BCUT2D eigenvalue weighted by molar-refractivity contribution is 7.86. The highest BCUT2D eigenvalue weighted by Crippen LogP contribution is 2.13. The number of piperidine rings is 1. The molecular formula is C17H26N2O3S2. The number of thiocarbonyl (C=S) groups is 1. The molecule has 0 atom stereocenters. The standard InChI is InChI=1S/C17H26N2O3S2/c1-14-6-3-4-7-16(14)17(23)18-15-8-11-19(12-9-15)10-5-13-22-24(2,20)21/h3-4,6-7,15H,5,8-13H2,1-2H3,(H,18,23). The number of nitrogens with zero attached hydrogens (tertiary/aromatic N) is 1. The Labute approximate surface area is 150 Å². The highest BCUT2D eigenvalue weighted by atomic mass is 32.2. The number of likely N-dealkylation sites (tertiary alicyclic amines) is 1. The van der Waals surface area contributed by atoms with Crippen LogP contribution in [0.3, 0.4) is 0 Å². The van der Waals surface area contributed by atoms with Crippen molar-refractivity contribution in [2.45, 2.75) is 32.2 Å². The van der Waals surface area contributed by atoms with Crippen molar-refractivity contribution in [3.63, 3.8) is 0 Å². The summed E-state index contributed by atoms with van der Waals surface area (Å²) >= 11 is 5.54. The van der Waals surface area contributed by atoms with E-state index in [-0.39, 0.29) is 6.61 Å². The van der Waals surface area contributed by atoms with Crippen molar-refractivity contribution in [1.82, 2.24) is 10.2 Å². The van der Waals surface area contributed by atoms with Crippen LogP contribution in [0.15, 0.2) is 24.3 Å². The SMILES string of the molecule is Cc1ccccc1C(=S)NC1CCN(CCCOS(C)(=O)=O)CC1. The van der Waals surface area contributed by atoms with E-state index in [4.69, 9.17) is 16.4 Å². The summed E-state index contributed by atoms with van der Waals surface area (Å²) in [5, 5.41) is 3.48. The third-order valence-corrected chi connectivity index (χ3v) is 5.16. The molecule has 1 aliphatic rings. The molecule has 0 bridgehead atoms. The monoisotopic (exact) mass is 370 g/mol. The van der Waals surface area contributed by atoms with Gasteiger partial charge in [-0.1, -0.05) is 36.5 Å². The van der Waals surface area contributed by atoms with Gasteiger partial charge in [0.05, 0.1) is 12.9 Å². The second-order valence-corrected chi connectivity index (χ2v) is 8.34. The zero-order valence-corrected chi connectivity index (χ0v) is 16.0. The third kappa shape index (κ3) is 6.47. The molecule has 2 rings (SSSR count). The molecule has 1 aromatic carbocycles. The van der Waals surface area contributed by atoms with Gasteiger partial charge in [-0.3, -0.25) is 4.18 Å². The summed E-state index contributed by atoms with van der Waals surface area (Å²) in [6.45, 7) is 5.18. The van der Waals surface area contributed by atoms with Crippen molar-refractivity contribution in [1.29, 1.82) is 0 Å². The van der Waals surface area contributed by atoms with Gasteiger partial charge in [0, 0.05) is 31.2 Å². The third-order valence-electron chi connectivity index (χ3n) is 4.23. The van der Waals surface area contributed by atoms with E-state index >= 15 is 0 Å². The number of hydrogen-bond donors (Lipinski definition) is 1. The minimum absolute atomic E-state index is 0.258. The Morgan fingerprint density at radius 3 is 2.62 bits per heavy atom. The molecule has 7 heteroatoms. The van der Waals surface area contributed by atoms with Gasteiger partial charge in [-0.2, -0.15) is 8.42 Å². The van der Waals surface area contributed by atoms with Crippen LogP contribution in [0.1, 0.15) is 30.4 Å². The number of benzene rings is 1. The molecule has 0 radical (unpaired) electrons. The average Bonchev–Trinajstić information content (AvgIpc) is 2.52. The summed E-state index contributed by atoms with van der Waals surface area (Å²) < 4.78 is 26.6. The van der Waals surface area contributed by atoms with Crippen LogP contribution < -0.4 is 5.32 Å². The quantitative estimate of drug-likeness (QED) is 0.451. The van der Waals surface area contributed by atoms with Crippen LogP contribution in [-0.4, -0.2) is 56.8 Å². The number of nitrogens with one attached hydrogen (secondary N) is 1. The fourth-order valence-corrected chi connectivity index (χ4v) is 3.71. The minimum atomic E-state index is -3.32. The maximum Gasteiger partial charge on any atom is 0.264 e. The molecule has 0 unspecified atom stereocenters. The topological polar surface area (TPSA) is 58.6 Å². The van der Waals surface area contributed by atoms with Gasteiger partial charge in [0.2, 0.25) is 0 Å². The first kappa shape index (κ1) is 19.3. The van der Waals surface area contributed by atoms with Crippen LogP contribution in [0.4, 0.5) is 0 Å². The van der Waals surface area contributed by atoms with Crippen LogP contribution in [0.5, 0.6) is 0 Å². The fraction of sp³-hybridized carbons (Fsp3) is 0.588. The van der Waals surface area contributed by atoms with Gasteiger partial charge in [0.15, 0.2) is 0 Å². The molecule has 1 fully saturated rings. The van der Waals surface area contributed by atoms with Gasteiger partial charge >= 0.3 is 0 Å². The van der Waals surface area contributed by atoms with Crippen LogP contribution in [0.2, 0.25) is 0 Å². The van der Waals surface area contributed by atoms with Crippen molar-refractivity contribution >= 4 is 27.3 Å². The molecule has 24 heavy (non-hydrogen) atoms. The smallest absolute Gasteiger partial charge is 0.264 e. The van der Waals surface area contributed by atoms with Crippen LogP contribution in [-0.2, 0) is 14.3 Å². The molecule has 0 saturated carbocycles. The molecule has 1 saturated heterocycles. The Morgan fingerprint density at radius 1 is 1.33 bits per heavy atom. The molecule has 1 aromatic rings. The predicted octanol–water partition coefficient (Wildman–Crippen LogP) is 2.09. The summed E-state index contributed by atoms with van der Waals surface area (Å²) in [6, 6.07) is 8.57. The van der Waals surface area contributed by atoms with Gasteiger partial charge in [-0.25, -0.2) is 0 Å². The van der Waals surface area contributed by atoms with Crippen LogP contribution in [0.25, 0.3) is 0 Å². The van der Waals surface area contributed by atoms with Gasteiger partial charge in [0.1, 0.15) is 4.99 Å². The molecule has 1 heterocycles. The zero-order chi connectivity index (χ0) is 17.6. The molecular weight excluding hydrogens is 344 g/mol. The Bertz CT molecular complexity index is 654. The first-order valence-corrected chi connectivity index (χ1v) is 10.5. The maximum atomic E-state index is 10.9. The van der Waals surface area contributed by atoms with Crippen LogP contribution in [0, 0.1) is 6.92 Å². The maximum absolute atomic E-state index is 10.9. The van der Waals surface area contributed by atoms with Gasteiger partial charge in [0.25, 0.3) is 10.1 Å². The van der Waals surface area contributed by atoms with E-state index in [0.29, 0.717) is 6.04 Å². The van der Waals surface area contributed by atoms with Gasteiger partial charge < -0.3 is 10.2 Å². The number of hydrogen-bond acceptors (Lipinski definition) is 5. The second kappa shape index (κ2) is 8.89. The second-order valence-electron chi connectivity index (χ2n) is 6.28. The van der Waals surface area contributed by atoms with E-state index in [1.54, 1.807) is 0 Å². The molecule has 5 nitrogen and oxygen atoms in total. The van der Waals surface area contributed by atoms with E-state index in [9.17, 15) is 8.42 Å². The number of rotatable bonds is 7. The summed E-state index contributed by atoms with van der Waals surface area (Å²) in [5.74, 6) is 0. The van der Waals surface area contributed by atoms with E-state index in [2.05, 4.69) is 29.3 Å². The van der Waals surface area contributed by atoms with Crippen molar-refractivity contribution in [3.05, 3.63) is 35.4 Å². The fourth-order valence-electron chi connectivity index (χ4n) is 2.89. The Balaban J connectivity index is 1.69. The number of aryl methyl sites for hydroxylation is 1. The summed E-state index contributed by atoms with van der Waals surface area (Å²) in [5.41, 5.74) is 2.30. The van der Waals surface area contributed by atoms with E-state index in [1.807, 2.05) is 12.1 Å². The Morgan fingerprint density at radius 2 is 2.00 bits per heavy atom. The molecule has 0 aliphatic carbocycles. The molecule has 134 valence electrons. The highest BCUT2D eigenvalue weighted by Gasteiger charge is 2.20. The summed E-state index contributed by atoms with van der Waals surface area (Å²) in [4.78, 5) is 3.17. The lowest BCUT2D eigenvalue weighted by Gasteiger charge is -2.33. The lowest BCUT2D eigenvalue weighted by molar-refractivity contribution is 0.190. The van der Waals surface area contributed by atoms with E-state index < -0.39 is 10.1 Å². The first-order valence-electron chi connectivity index (χ1n) is 8.28. The molecule has 0 amide bonds. The Kier molecular flexibility index (Phi) is 7.16. The predicted molar refractivity (Wildman–Crippen MR) is 101 cm³/mol. The molecule has 1 aliphatic heterocycles. The van der Waals surface area contributed by atoms with E-state index in [1.165, 1.54) is 5.56 Å². The van der Waals surface area contributed by atoms with Crippen molar-refractivity contribution in [3.8, 4) is 0 Å². The lowest BCUT2D eigenvalue weighted by atomic mass is 10.0. The van der Waals surface area contributed by atoms with Gasteiger partial charge in [-0.05, 0) is 31.7 Å². The Hall–Kier alpha value is -1.02. The minimum Gasteiger partial charge on any atom is -0.373 e. The van der Waals surface area contributed by atoms with Crippen LogP contribution >= 0.6 is 12.2 Å².